The van der Waals surface area contributed by atoms with E-state index in [0.29, 0.717) is 12.8 Å². The second-order valence-corrected chi connectivity index (χ2v) is 2.21. The molecule has 0 fully saturated rings. The summed E-state index contributed by atoms with van der Waals surface area (Å²) in [6.45, 7) is -2.62. The normalized spacial score (nSPS) is 10.8. The minimum atomic E-state index is -4.51. The summed E-state index contributed by atoms with van der Waals surface area (Å²) in [5.41, 5.74) is 0. The number of hydrogen-bond acceptors (Lipinski definition) is 0. The molecule has 1 radical (unpaired) electrons. The summed E-state index contributed by atoms with van der Waals surface area (Å²) in [4.78, 5) is 0. The van der Waals surface area contributed by atoms with Gasteiger partial charge in [0.2, 0.25) is 0 Å². The van der Waals surface area contributed by atoms with E-state index < -0.39 is 13.3 Å². The molecule has 0 nitrogen and oxygen atoms in total. The Morgan fingerprint density at radius 1 is 1.10 bits per heavy atom. The molecule has 0 heterocycles. The molecule has 0 aromatic heterocycles. The fourth-order valence-electron chi connectivity index (χ4n) is 0.626. The molecule has 57 valence electrons. The molecule has 10 heavy (non-hydrogen) atoms. The van der Waals surface area contributed by atoms with Gasteiger partial charge in [-0.3, -0.25) is 0 Å². The molecule has 0 aromatic rings. The van der Waals surface area contributed by atoms with E-state index in [9.17, 15) is 12.9 Å². The van der Waals surface area contributed by atoms with Crippen molar-refractivity contribution >= 4 is 58.4 Å². The Hall–Kier alpha value is 1.49. The molecule has 0 bridgehead atoms. The first-order valence-electron chi connectivity index (χ1n) is 3.27. The monoisotopic (exact) mass is 178 g/mol. The van der Waals surface area contributed by atoms with Crippen molar-refractivity contribution in [3.63, 3.8) is 0 Å². The van der Waals surface area contributed by atoms with Crippen LogP contribution in [-0.2, 0) is 0 Å². The molecule has 0 unspecified atom stereocenters. The van der Waals surface area contributed by atoms with Crippen molar-refractivity contribution in [2.45, 2.75) is 32.5 Å². The Kier molecular flexibility index (Phi) is 10.0. The predicted octanol–water partition coefficient (Wildman–Crippen LogP) is 2.64. The van der Waals surface area contributed by atoms with E-state index in [1.54, 1.807) is 0 Å². The minimum Gasteiger partial charge on any atom is -0.449 e. The Balaban J connectivity index is 0. The van der Waals surface area contributed by atoms with Crippen LogP contribution < -0.4 is 0 Å². The van der Waals surface area contributed by atoms with Gasteiger partial charge in [0.15, 0.2) is 0 Å². The van der Waals surface area contributed by atoms with E-state index in [-0.39, 0.29) is 51.4 Å². The molecular formula is C5H11BF3K-. The second-order valence-electron chi connectivity index (χ2n) is 2.21. The van der Waals surface area contributed by atoms with Crippen LogP contribution in [0.3, 0.4) is 0 Å². The SMILES string of the molecule is CCCCC[B-](F)(F)F.[K]. The van der Waals surface area contributed by atoms with Gasteiger partial charge in [-0.05, 0) is 0 Å². The fourth-order valence-corrected chi connectivity index (χ4v) is 0.626. The maximum Gasteiger partial charge on any atom is 0.478 e. The zero-order chi connectivity index (χ0) is 7.33. The smallest absolute Gasteiger partial charge is 0.449 e. The molecule has 0 aromatic carbocycles. The van der Waals surface area contributed by atoms with Crippen LogP contribution >= 0.6 is 0 Å². The Morgan fingerprint density at radius 3 is 1.90 bits per heavy atom. The second kappa shape index (κ2) is 7.16. The first-order chi connectivity index (χ1) is 4.06. The molecular weight excluding hydrogens is 167 g/mol. The Labute approximate surface area is 102 Å². The van der Waals surface area contributed by atoms with Crippen molar-refractivity contribution in [2.24, 2.45) is 0 Å². The van der Waals surface area contributed by atoms with Crippen LogP contribution in [0.25, 0.3) is 0 Å². The molecule has 0 aliphatic heterocycles. The Morgan fingerprint density at radius 2 is 1.60 bits per heavy atom. The van der Waals surface area contributed by atoms with Gasteiger partial charge in [-0.15, -0.1) is 0 Å². The maximum absolute atomic E-state index is 11.4. The van der Waals surface area contributed by atoms with Crippen molar-refractivity contribution in [3.8, 4) is 0 Å². The van der Waals surface area contributed by atoms with Crippen molar-refractivity contribution in [1.82, 2.24) is 0 Å². The zero-order valence-electron chi connectivity index (χ0n) is 6.54. The number of halogens is 3. The molecule has 5 heteroatoms. The summed E-state index contributed by atoms with van der Waals surface area (Å²) in [7, 11) is 0. The van der Waals surface area contributed by atoms with Gasteiger partial charge >= 0.3 is 6.98 Å². The van der Waals surface area contributed by atoms with Gasteiger partial charge in [-0.2, -0.15) is 0 Å². The third-order valence-corrected chi connectivity index (χ3v) is 1.14. The van der Waals surface area contributed by atoms with Crippen LogP contribution in [0.4, 0.5) is 12.9 Å². The fraction of sp³-hybridized carbons (Fsp3) is 1.00. The average Bonchev–Trinajstić information content (AvgIpc) is 1.63. The van der Waals surface area contributed by atoms with Gasteiger partial charge < -0.3 is 12.9 Å². The molecule has 0 amide bonds. The molecule has 0 aliphatic carbocycles. The third kappa shape index (κ3) is 12.2. The van der Waals surface area contributed by atoms with Gasteiger partial charge in [0.25, 0.3) is 0 Å². The van der Waals surface area contributed by atoms with E-state index in [1.807, 2.05) is 6.92 Å². The average molecular weight is 178 g/mol. The summed E-state index contributed by atoms with van der Waals surface area (Å²) in [5.74, 6) is 0. The van der Waals surface area contributed by atoms with Crippen molar-refractivity contribution in [3.05, 3.63) is 0 Å². The quantitative estimate of drug-likeness (QED) is 0.458. The number of hydrogen-bond donors (Lipinski definition) is 0. The molecule has 0 N–H and O–H groups in total. The molecule has 0 spiro atoms. The Bertz CT molecular complexity index is 73.8. The van der Waals surface area contributed by atoms with E-state index in [0.717, 1.165) is 6.42 Å². The third-order valence-electron chi connectivity index (χ3n) is 1.14. The molecule has 0 saturated carbocycles. The number of rotatable bonds is 4. The molecule has 0 atom stereocenters. The summed E-state index contributed by atoms with van der Waals surface area (Å²) in [6.07, 6.45) is 1.29. The first kappa shape index (κ1) is 14.0. The molecule has 0 aliphatic rings. The van der Waals surface area contributed by atoms with E-state index in [1.165, 1.54) is 0 Å². The van der Waals surface area contributed by atoms with Crippen LogP contribution in [0.15, 0.2) is 0 Å². The van der Waals surface area contributed by atoms with Crippen LogP contribution in [-0.4, -0.2) is 58.4 Å². The molecule has 0 saturated heterocycles. The van der Waals surface area contributed by atoms with Gasteiger partial charge in [0, 0.05) is 51.4 Å². The summed E-state index contributed by atoms with van der Waals surface area (Å²) >= 11 is 0. The van der Waals surface area contributed by atoms with E-state index >= 15 is 0 Å². The van der Waals surface area contributed by atoms with Crippen LogP contribution in [0.1, 0.15) is 26.2 Å². The van der Waals surface area contributed by atoms with Crippen molar-refractivity contribution < 1.29 is 12.9 Å². The van der Waals surface area contributed by atoms with Gasteiger partial charge in [-0.1, -0.05) is 32.5 Å². The summed E-state index contributed by atoms with van der Waals surface area (Å²) < 4.78 is 34.3. The molecule has 0 rings (SSSR count). The van der Waals surface area contributed by atoms with Crippen LogP contribution in [0.5, 0.6) is 0 Å². The van der Waals surface area contributed by atoms with Crippen LogP contribution in [0.2, 0.25) is 6.32 Å². The van der Waals surface area contributed by atoms with Crippen LogP contribution in [0, 0.1) is 0 Å². The number of unbranched alkanes of at least 4 members (excludes halogenated alkanes) is 2. The summed E-state index contributed by atoms with van der Waals surface area (Å²) in [5, 5.41) is 0. The zero-order valence-corrected chi connectivity index (χ0v) is 9.66. The largest absolute Gasteiger partial charge is 0.478 e. The van der Waals surface area contributed by atoms with E-state index in [2.05, 4.69) is 0 Å². The van der Waals surface area contributed by atoms with Crippen molar-refractivity contribution in [1.29, 1.82) is 0 Å². The minimum absolute atomic E-state index is 0. The topological polar surface area (TPSA) is 0 Å². The summed E-state index contributed by atoms with van der Waals surface area (Å²) in [6, 6.07) is 0. The predicted molar refractivity (Wildman–Crippen MR) is 39.2 cm³/mol. The standard InChI is InChI=1S/C5H11BF3.K/c1-2-3-4-5-6(7,8)9;/h2-5H2,1H3;/q-1;. The van der Waals surface area contributed by atoms with E-state index in [4.69, 9.17) is 0 Å². The van der Waals surface area contributed by atoms with Gasteiger partial charge in [0.05, 0.1) is 0 Å². The van der Waals surface area contributed by atoms with Gasteiger partial charge in [-0.25, -0.2) is 0 Å². The van der Waals surface area contributed by atoms with Gasteiger partial charge in [0.1, 0.15) is 0 Å². The first-order valence-corrected chi connectivity index (χ1v) is 3.27. The van der Waals surface area contributed by atoms with Crippen molar-refractivity contribution in [2.75, 3.05) is 0 Å². The maximum atomic E-state index is 11.4.